The van der Waals surface area contributed by atoms with Crippen molar-refractivity contribution >= 4 is 34.5 Å². The van der Waals surface area contributed by atoms with Crippen LogP contribution < -0.4 is 0 Å². The average Bonchev–Trinajstić information content (AvgIpc) is 3.16. The van der Waals surface area contributed by atoms with Crippen LogP contribution in [0.4, 0.5) is 5.69 Å². The lowest BCUT2D eigenvalue weighted by atomic mass is 9.92. The Bertz CT molecular complexity index is 1020. The van der Waals surface area contributed by atoms with Crippen molar-refractivity contribution < 1.29 is 9.72 Å². The van der Waals surface area contributed by atoms with Gasteiger partial charge in [-0.2, -0.15) is 0 Å². The van der Waals surface area contributed by atoms with E-state index in [1.807, 2.05) is 35.7 Å². The molecule has 3 aromatic rings. The second kappa shape index (κ2) is 7.13. The first-order valence-corrected chi connectivity index (χ1v) is 9.68. The normalized spacial score (nSPS) is 16.0. The Morgan fingerprint density at radius 2 is 1.96 bits per heavy atom. The van der Waals surface area contributed by atoms with E-state index < -0.39 is 4.92 Å². The summed E-state index contributed by atoms with van der Waals surface area (Å²) in [5.74, 6) is -0.222. The van der Waals surface area contributed by atoms with E-state index in [1.165, 1.54) is 23.1 Å². The van der Waals surface area contributed by atoms with Crippen molar-refractivity contribution in [1.82, 2.24) is 4.90 Å². The van der Waals surface area contributed by atoms with E-state index in [4.69, 9.17) is 11.6 Å². The maximum atomic E-state index is 13.3. The topological polar surface area (TPSA) is 63.4 Å². The molecule has 1 atom stereocenters. The molecule has 2 aromatic carbocycles. The fourth-order valence-electron chi connectivity index (χ4n) is 3.48. The minimum atomic E-state index is -0.522. The average molecular weight is 399 g/mol. The maximum absolute atomic E-state index is 13.3. The molecule has 1 aliphatic heterocycles. The molecule has 7 heteroatoms. The van der Waals surface area contributed by atoms with Crippen molar-refractivity contribution in [2.24, 2.45) is 0 Å². The Kier molecular flexibility index (Phi) is 4.68. The summed E-state index contributed by atoms with van der Waals surface area (Å²) in [5, 5.41) is 13.1. The van der Waals surface area contributed by atoms with Crippen LogP contribution in [0.3, 0.4) is 0 Å². The molecule has 4 rings (SSSR count). The highest BCUT2D eigenvalue weighted by Crippen LogP contribution is 2.39. The van der Waals surface area contributed by atoms with Gasteiger partial charge in [0, 0.05) is 23.6 Å². The largest absolute Gasteiger partial charge is 0.327 e. The molecule has 2 heterocycles. The molecule has 1 unspecified atom stereocenters. The Balaban J connectivity index is 1.76. The third-order valence-corrected chi connectivity index (χ3v) is 6.05. The molecule has 5 nitrogen and oxygen atoms in total. The minimum Gasteiger partial charge on any atom is -0.327 e. The highest BCUT2D eigenvalue weighted by atomic mass is 35.5. The molecule has 1 aliphatic rings. The molecule has 0 radical (unpaired) electrons. The van der Waals surface area contributed by atoms with Gasteiger partial charge in [-0.1, -0.05) is 41.9 Å². The number of nitro benzene ring substituents is 1. The second-order valence-corrected chi connectivity index (χ2v) is 7.69. The van der Waals surface area contributed by atoms with E-state index in [2.05, 4.69) is 6.07 Å². The Morgan fingerprint density at radius 1 is 1.19 bits per heavy atom. The van der Waals surface area contributed by atoms with Crippen molar-refractivity contribution in [3.63, 3.8) is 0 Å². The molecule has 0 fully saturated rings. The van der Waals surface area contributed by atoms with E-state index in [0.717, 1.165) is 17.5 Å². The molecular formula is C20H15ClN2O3S. The molecule has 0 saturated heterocycles. The number of carbonyl (C=O) groups is 1. The van der Waals surface area contributed by atoms with Gasteiger partial charge in [0.05, 0.1) is 21.6 Å². The highest BCUT2D eigenvalue weighted by Gasteiger charge is 2.34. The Morgan fingerprint density at radius 3 is 2.67 bits per heavy atom. The number of nitrogens with zero attached hydrogens (tertiary/aromatic N) is 2. The van der Waals surface area contributed by atoms with Crippen LogP contribution in [0, 0.1) is 10.1 Å². The molecule has 0 spiro atoms. The monoisotopic (exact) mass is 398 g/mol. The van der Waals surface area contributed by atoms with E-state index in [9.17, 15) is 14.9 Å². The smallest absolute Gasteiger partial charge is 0.270 e. The summed E-state index contributed by atoms with van der Waals surface area (Å²) in [6.45, 7) is 0.569. The lowest BCUT2D eigenvalue weighted by Gasteiger charge is -2.36. The van der Waals surface area contributed by atoms with Gasteiger partial charge in [-0.15, -0.1) is 11.3 Å². The van der Waals surface area contributed by atoms with Gasteiger partial charge >= 0.3 is 0 Å². The molecule has 136 valence electrons. The van der Waals surface area contributed by atoms with Gasteiger partial charge in [0.1, 0.15) is 0 Å². The van der Waals surface area contributed by atoms with Gasteiger partial charge in [0.2, 0.25) is 0 Å². The minimum absolute atomic E-state index is 0.0946. The number of hydrogen-bond acceptors (Lipinski definition) is 4. The Labute approximate surface area is 165 Å². The predicted molar refractivity (Wildman–Crippen MR) is 105 cm³/mol. The van der Waals surface area contributed by atoms with Crippen molar-refractivity contribution in [3.8, 4) is 0 Å². The van der Waals surface area contributed by atoms with Crippen molar-refractivity contribution in [2.75, 3.05) is 6.54 Å². The summed E-state index contributed by atoms with van der Waals surface area (Å²) in [6, 6.07) is 15.7. The summed E-state index contributed by atoms with van der Waals surface area (Å²) < 4.78 is 0. The molecule has 27 heavy (non-hydrogen) atoms. The van der Waals surface area contributed by atoms with E-state index in [0.29, 0.717) is 6.54 Å². The lowest BCUT2D eigenvalue weighted by molar-refractivity contribution is -0.384. The number of hydrogen-bond donors (Lipinski definition) is 0. The van der Waals surface area contributed by atoms with Gasteiger partial charge in [-0.3, -0.25) is 14.9 Å². The molecule has 0 N–H and O–H groups in total. The zero-order chi connectivity index (χ0) is 19.0. The number of nitro groups is 1. The van der Waals surface area contributed by atoms with Gasteiger partial charge in [-0.25, -0.2) is 0 Å². The standard InChI is InChI=1S/C20H15ClN2O3S/c21-17-12-14(23(25)26)6-7-15(17)20(24)22-10-8-18-16(9-11-27-18)19(22)13-4-2-1-3-5-13/h1-7,9,11-12,19H,8,10H2. The van der Waals surface area contributed by atoms with Crippen LogP contribution in [-0.2, 0) is 6.42 Å². The SMILES string of the molecule is O=C(c1ccc([N+](=O)[O-])cc1Cl)N1CCc2sccc2C1c1ccccc1. The van der Waals surface area contributed by atoms with Crippen molar-refractivity contribution in [3.05, 3.63) is 96.7 Å². The second-order valence-electron chi connectivity index (χ2n) is 6.28. The van der Waals surface area contributed by atoms with Gasteiger partial charge in [0.25, 0.3) is 11.6 Å². The first-order chi connectivity index (χ1) is 13.1. The van der Waals surface area contributed by atoms with Crippen LogP contribution in [0.1, 0.15) is 32.4 Å². The number of carbonyl (C=O) groups excluding carboxylic acids is 1. The number of benzene rings is 2. The quantitative estimate of drug-likeness (QED) is 0.455. The fraction of sp³-hybridized carbons (Fsp3) is 0.150. The number of fused-ring (bicyclic) bond motifs is 1. The lowest BCUT2D eigenvalue weighted by Crippen LogP contribution is -2.40. The van der Waals surface area contributed by atoms with Crippen LogP contribution >= 0.6 is 22.9 Å². The molecule has 0 aliphatic carbocycles. The van der Waals surface area contributed by atoms with E-state index >= 15 is 0 Å². The van der Waals surface area contributed by atoms with Crippen molar-refractivity contribution in [2.45, 2.75) is 12.5 Å². The Hall–Kier alpha value is -2.70. The predicted octanol–water partition coefficient (Wildman–Crippen LogP) is 5.10. The van der Waals surface area contributed by atoms with E-state index in [1.54, 1.807) is 16.2 Å². The zero-order valence-corrected chi connectivity index (χ0v) is 15.7. The molecule has 0 saturated carbocycles. The number of thiophene rings is 1. The molecule has 0 bridgehead atoms. The van der Waals surface area contributed by atoms with Gasteiger partial charge in [0.15, 0.2) is 0 Å². The first-order valence-electron chi connectivity index (χ1n) is 8.42. The van der Waals surface area contributed by atoms with Crippen LogP contribution in [0.2, 0.25) is 5.02 Å². The number of non-ortho nitro benzene ring substituents is 1. The zero-order valence-electron chi connectivity index (χ0n) is 14.2. The first kappa shape index (κ1) is 17.7. The summed E-state index contributed by atoms with van der Waals surface area (Å²) in [4.78, 5) is 26.8. The highest BCUT2D eigenvalue weighted by molar-refractivity contribution is 7.10. The van der Waals surface area contributed by atoms with Crippen LogP contribution in [0.25, 0.3) is 0 Å². The van der Waals surface area contributed by atoms with Crippen LogP contribution in [0.15, 0.2) is 60.0 Å². The third kappa shape index (κ3) is 3.22. The van der Waals surface area contributed by atoms with Gasteiger partial charge < -0.3 is 4.90 Å². The number of amides is 1. The summed E-state index contributed by atoms with van der Waals surface area (Å²) in [6.07, 6.45) is 0.784. The van der Waals surface area contributed by atoms with Crippen molar-refractivity contribution in [1.29, 1.82) is 0 Å². The summed E-state index contributed by atoms with van der Waals surface area (Å²) in [5.41, 5.74) is 2.31. The van der Waals surface area contributed by atoms with Crippen LogP contribution in [0.5, 0.6) is 0 Å². The third-order valence-electron chi connectivity index (χ3n) is 4.74. The summed E-state index contributed by atoms with van der Waals surface area (Å²) in [7, 11) is 0. The molecule has 1 aromatic heterocycles. The van der Waals surface area contributed by atoms with E-state index in [-0.39, 0.29) is 28.2 Å². The fourth-order valence-corrected chi connectivity index (χ4v) is 4.64. The van der Waals surface area contributed by atoms with Gasteiger partial charge in [-0.05, 0) is 35.1 Å². The number of halogens is 1. The molecule has 1 amide bonds. The maximum Gasteiger partial charge on any atom is 0.270 e. The van der Waals surface area contributed by atoms with Crippen LogP contribution in [-0.4, -0.2) is 22.3 Å². The molecular weight excluding hydrogens is 384 g/mol. The summed E-state index contributed by atoms with van der Waals surface area (Å²) >= 11 is 7.91. The number of rotatable bonds is 3.